The number of nitrogens with zero attached hydrogens (tertiary/aromatic N) is 3. The topological polar surface area (TPSA) is 59.9 Å². The van der Waals surface area contributed by atoms with Gasteiger partial charge >= 0.3 is 0 Å². The summed E-state index contributed by atoms with van der Waals surface area (Å²) in [6, 6.07) is 10.7. The molecule has 7 heteroatoms. The number of fused-ring (bicyclic) bond motifs is 1. The fourth-order valence-electron chi connectivity index (χ4n) is 3.26. The van der Waals surface area contributed by atoms with E-state index >= 15 is 0 Å². The summed E-state index contributed by atoms with van der Waals surface area (Å²) in [5.74, 6) is 0.591. The number of aromatic nitrogens is 3. The maximum atomic E-state index is 14.5. The first-order chi connectivity index (χ1) is 15.0. The predicted molar refractivity (Wildman–Crippen MR) is 118 cm³/mol. The third kappa shape index (κ3) is 4.30. The summed E-state index contributed by atoms with van der Waals surface area (Å²) in [6.45, 7) is 4.55. The van der Waals surface area contributed by atoms with Crippen LogP contribution in [0.15, 0.2) is 54.9 Å². The van der Waals surface area contributed by atoms with Gasteiger partial charge in [-0.3, -0.25) is 4.98 Å². The quantitative estimate of drug-likeness (QED) is 0.433. The van der Waals surface area contributed by atoms with Crippen LogP contribution in [0.1, 0.15) is 13.8 Å². The highest BCUT2D eigenvalue weighted by Gasteiger charge is 2.17. The average Bonchev–Trinajstić information content (AvgIpc) is 2.77. The van der Waals surface area contributed by atoms with Crippen molar-refractivity contribution in [1.82, 2.24) is 15.0 Å². The molecule has 0 fully saturated rings. The number of ether oxygens (including phenoxy) is 1. The van der Waals surface area contributed by atoms with E-state index in [4.69, 9.17) is 9.72 Å². The van der Waals surface area contributed by atoms with Crippen molar-refractivity contribution >= 4 is 16.7 Å². The van der Waals surface area contributed by atoms with E-state index < -0.39 is 11.6 Å². The highest BCUT2D eigenvalue weighted by Crippen LogP contribution is 2.37. The zero-order chi connectivity index (χ0) is 22.0. The van der Waals surface area contributed by atoms with E-state index in [-0.39, 0.29) is 11.5 Å². The number of nitrogens with one attached hydrogen (secondary N) is 1. The number of halogens is 2. The van der Waals surface area contributed by atoms with Gasteiger partial charge in [0.25, 0.3) is 0 Å². The Morgan fingerprint density at radius 1 is 1.03 bits per heavy atom. The summed E-state index contributed by atoms with van der Waals surface area (Å²) < 4.78 is 34.0. The second-order valence-electron chi connectivity index (χ2n) is 7.59. The lowest BCUT2D eigenvalue weighted by atomic mass is 10.0. The Morgan fingerprint density at radius 2 is 1.87 bits per heavy atom. The Morgan fingerprint density at radius 3 is 2.55 bits per heavy atom. The lowest BCUT2D eigenvalue weighted by Crippen LogP contribution is -2.07. The molecule has 0 aliphatic rings. The second-order valence-corrected chi connectivity index (χ2v) is 7.59. The minimum atomic E-state index is -0.645. The van der Waals surface area contributed by atoms with Crippen LogP contribution < -0.4 is 10.1 Å². The summed E-state index contributed by atoms with van der Waals surface area (Å²) in [5.41, 5.74) is 2.20. The van der Waals surface area contributed by atoms with Crippen molar-refractivity contribution in [2.45, 2.75) is 13.8 Å². The molecule has 2 aromatic carbocycles. The molecule has 4 rings (SSSR count). The highest BCUT2D eigenvalue weighted by atomic mass is 19.1. The lowest BCUT2D eigenvalue weighted by Gasteiger charge is -2.16. The van der Waals surface area contributed by atoms with Crippen molar-refractivity contribution in [2.24, 2.45) is 5.92 Å². The van der Waals surface area contributed by atoms with Crippen molar-refractivity contribution in [2.75, 3.05) is 19.0 Å². The first-order valence-corrected chi connectivity index (χ1v) is 9.98. The van der Waals surface area contributed by atoms with Crippen LogP contribution in [-0.4, -0.2) is 28.6 Å². The van der Waals surface area contributed by atoms with E-state index in [0.717, 1.165) is 11.6 Å². The monoisotopic (exact) mass is 420 g/mol. The summed E-state index contributed by atoms with van der Waals surface area (Å²) in [4.78, 5) is 13.5. The molecule has 0 aliphatic carbocycles. The van der Waals surface area contributed by atoms with E-state index in [9.17, 15) is 8.78 Å². The van der Waals surface area contributed by atoms with Gasteiger partial charge in [-0.1, -0.05) is 13.8 Å². The van der Waals surface area contributed by atoms with E-state index in [1.165, 1.54) is 12.1 Å². The minimum Gasteiger partial charge on any atom is -0.491 e. The standard InChI is InChI=1S/C24H22F2N4O/c1-14(2)13-31-21-10-16(18-7-6-17(25)11-20(18)26)9-19-22(21)29-23(30-24(19)27-3)15-5-4-8-28-12-15/h4-12,14H,13H2,1-3H3,(H,27,29,30). The molecule has 4 aromatic rings. The van der Waals surface area contributed by atoms with E-state index in [0.29, 0.717) is 40.5 Å². The molecule has 0 atom stereocenters. The lowest BCUT2D eigenvalue weighted by molar-refractivity contribution is 0.273. The average molecular weight is 420 g/mol. The Bertz CT molecular complexity index is 1230. The SMILES string of the molecule is CNc1nc(-c2cccnc2)nc2c(OCC(C)C)cc(-c3ccc(F)cc3F)cc12. The molecule has 2 heterocycles. The van der Waals surface area contributed by atoms with Gasteiger partial charge in [-0.05, 0) is 47.9 Å². The van der Waals surface area contributed by atoms with Crippen molar-refractivity contribution in [1.29, 1.82) is 0 Å². The molecule has 1 N–H and O–H groups in total. The van der Waals surface area contributed by atoms with Crippen molar-refractivity contribution < 1.29 is 13.5 Å². The van der Waals surface area contributed by atoms with Crippen LogP contribution in [0.2, 0.25) is 0 Å². The zero-order valence-corrected chi connectivity index (χ0v) is 17.5. The highest BCUT2D eigenvalue weighted by molar-refractivity contribution is 5.97. The summed E-state index contributed by atoms with van der Waals surface area (Å²) in [7, 11) is 1.76. The Labute approximate surface area is 179 Å². The van der Waals surface area contributed by atoms with Gasteiger partial charge in [0, 0.05) is 42.0 Å². The van der Waals surface area contributed by atoms with Gasteiger partial charge in [-0.2, -0.15) is 0 Å². The van der Waals surface area contributed by atoms with Crippen LogP contribution in [0.25, 0.3) is 33.4 Å². The molecule has 31 heavy (non-hydrogen) atoms. The Balaban J connectivity index is 1.96. The predicted octanol–water partition coefficient (Wildman–Crippen LogP) is 5.71. The van der Waals surface area contributed by atoms with Gasteiger partial charge in [0.1, 0.15) is 28.7 Å². The van der Waals surface area contributed by atoms with Gasteiger partial charge in [0.05, 0.1) is 6.61 Å². The number of rotatable bonds is 6. The molecule has 5 nitrogen and oxygen atoms in total. The number of hydrogen-bond acceptors (Lipinski definition) is 5. The number of pyridine rings is 1. The van der Waals surface area contributed by atoms with Gasteiger partial charge < -0.3 is 10.1 Å². The summed E-state index contributed by atoms with van der Waals surface area (Å²) in [6.07, 6.45) is 3.38. The molecular formula is C24H22F2N4O. The van der Waals surface area contributed by atoms with Gasteiger partial charge in [-0.15, -0.1) is 0 Å². The van der Waals surface area contributed by atoms with Crippen LogP contribution >= 0.6 is 0 Å². The van der Waals surface area contributed by atoms with Crippen molar-refractivity contribution in [3.05, 3.63) is 66.5 Å². The van der Waals surface area contributed by atoms with E-state index in [2.05, 4.69) is 15.3 Å². The second kappa shape index (κ2) is 8.63. The van der Waals surface area contributed by atoms with E-state index in [1.807, 2.05) is 26.0 Å². The van der Waals surface area contributed by atoms with Crippen LogP contribution in [-0.2, 0) is 0 Å². The molecule has 0 radical (unpaired) electrons. The van der Waals surface area contributed by atoms with Gasteiger partial charge in [0.15, 0.2) is 5.82 Å². The smallest absolute Gasteiger partial charge is 0.163 e. The maximum Gasteiger partial charge on any atom is 0.163 e. The fraction of sp³-hybridized carbons (Fsp3) is 0.208. The number of anilines is 1. The fourth-order valence-corrected chi connectivity index (χ4v) is 3.26. The number of benzene rings is 2. The molecule has 0 bridgehead atoms. The first kappa shape index (κ1) is 20.7. The van der Waals surface area contributed by atoms with Crippen molar-refractivity contribution in [3.8, 4) is 28.3 Å². The first-order valence-electron chi connectivity index (χ1n) is 9.98. The molecule has 0 aliphatic heterocycles. The van der Waals surface area contributed by atoms with Crippen molar-refractivity contribution in [3.63, 3.8) is 0 Å². The molecule has 2 aromatic heterocycles. The Kier molecular flexibility index (Phi) is 5.75. The normalized spacial score (nSPS) is 11.2. The van der Waals surface area contributed by atoms with E-state index in [1.54, 1.807) is 31.6 Å². The van der Waals surface area contributed by atoms with Crippen LogP contribution in [0.3, 0.4) is 0 Å². The van der Waals surface area contributed by atoms with Crippen LogP contribution in [0, 0.1) is 17.6 Å². The largest absolute Gasteiger partial charge is 0.491 e. The third-order valence-electron chi connectivity index (χ3n) is 4.74. The molecule has 0 unspecified atom stereocenters. The third-order valence-corrected chi connectivity index (χ3v) is 4.74. The van der Waals surface area contributed by atoms with Gasteiger partial charge in [-0.25, -0.2) is 18.7 Å². The zero-order valence-electron chi connectivity index (χ0n) is 17.5. The molecule has 0 saturated heterocycles. The summed E-state index contributed by atoms with van der Waals surface area (Å²) >= 11 is 0. The molecule has 0 saturated carbocycles. The molecular weight excluding hydrogens is 398 g/mol. The Hall–Kier alpha value is -3.61. The van der Waals surface area contributed by atoms with Gasteiger partial charge in [0.2, 0.25) is 0 Å². The number of hydrogen-bond donors (Lipinski definition) is 1. The van der Waals surface area contributed by atoms with Crippen LogP contribution in [0.5, 0.6) is 5.75 Å². The minimum absolute atomic E-state index is 0.274. The summed E-state index contributed by atoms with van der Waals surface area (Å²) in [5, 5.41) is 3.77. The maximum absolute atomic E-state index is 14.5. The molecule has 158 valence electrons. The van der Waals surface area contributed by atoms with Crippen LogP contribution in [0.4, 0.5) is 14.6 Å². The molecule has 0 amide bonds. The molecule has 0 spiro atoms.